The van der Waals surface area contributed by atoms with E-state index in [1.165, 1.54) is 0 Å². The number of halogens is 1. The Morgan fingerprint density at radius 1 is 1.27 bits per heavy atom. The van der Waals surface area contributed by atoms with Crippen molar-refractivity contribution in [3.8, 4) is 0 Å². The molecule has 8 nitrogen and oxygen atoms in total. The number of rotatable bonds is 3. The van der Waals surface area contributed by atoms with Crippen LogP contribution in [0.5, 0.6) is 0 Å². The predicted molar refractivity (Wildman–Crippen MR) is 99.3 cm³/mol. The van der Waals surface area contributed by atoms with Crippen molar-refractivity contribution in [1.82, 2.24) is 25.2 Å². The summed E-state index contributed by atoms with van der Waals surface area (Å²) in [6.07, 6.45) is 3.25. The van der Waals surface area contributed by atoms with Gasteiger partial charge in [0.25, 0.3) is 5.91 Å². The monoisotopic (exact) mass is 411 g/mol. The molecule has 1 aliphatic heterocycles. The maximum absolute atomic E-state index is 13.0. The van der Waals surface area contributed by atoms with Gasteiger partial charge in [-0.15, -0.1) is 0 Å². The molecule has 1 aromatic carbocycles. The van der Waals surface area contributed by atoms with Gasteiger partial charge in [0.15, 0.2) is 0 Å². The zero-order valence-electron chi connectivity index (χ0n) is 13.7. The molecule has 2 N–H and O–H groups in total. The number of amides is 1. The van der Waals surface area contributed by atoms with E-state index in [0.29, 0.717) is 22.9 Å². The first-order valence-corrected chi connectivity index (χ1v) is 8.65. The number of carbonyl (C=O) groups is 1. The second-order valence-corrected chi connectivity index (χ2v) is 6.68. The summed E-state index contributed by atoms with van der Waals surface area (Å²) >= 11 is 3.44. The lowest BCUT2D eigenvalue weighted by Crippen LogP contribution is -2.31. The van der Waals surface area contributed by atoms with E-state index in [0.717, 1.165) is 10.0 Å². The van der Waals surface area contributed by atoms with Crippen LogP contribution >= 0.6 is 15.9 Å². The first-order chi connectivity index (χ1) is 12.6. The van der Waals surface area contributed by atoms with Crippen LogP contribution in [-0.2, 0) is 4.79 Å². The third kappa shape index (κ3) is 2.97. The maximum atomic E-state index is 13.0. The first kappa shape index (κ1) is 16.4. The zero-order chi connectivity index (χ0) is 18.1. The van der Waals surface area contributed by atoms with Crippen LogP contribution in [0.15, 0.2) is 64.5 Å². The number of tetrazole rings is 1. The molecule has 0 spiro atoms. The average Bonchev–Trinajstić information content (AvgIpc) is 3.10. The number of hydrogen-bond donors (Lipinski definition) is 2. The van der Waals surface area contributed by atoms with Gasteiger partial charge in [0.2, 0.25) is 5.95 Å². The zero-order valence-corrected chi connectivity index (χ0v) is 15.3. The quantitative estimate of drug-likeness (QED) is 0.687. The van der Waals surface area contributed by atoms with Gasteiger partial charge in [0.05, 0.1) is 17.5 Å². The summed E-state index contributed by atoms with van der Waals surface area (Å²) in [6.45, 7) is 1.84. The highest BCUT2D eigenvalue weighted by atomic mass is 79.9. The van der Waals surface area contributed by atoms with Gasteiger partial charge in [-0.1, -0.05) is 33.2 Å². The third-order valence-corrected chi connectivity index (χ3v) is 4.59. The smallest absolute Gasteiger partial charge is 0.255 e. The van der Waals surface area contributed by atoms with Gasteiger partial charge in [0.1, 0.15) is 6.04 Å². The Hall–Kier alpha value is -3.07. The number of pyridine rings is 1. The van der Waals surface area contributed by atoms with Crippen LogP contribution in [0.1, 0.15) is 18.5 Å². The Kier molecular flexibility index (Phi) is 4.21. The number of nitrogens with one attached hydrogen (secondary N) is 2. The summed E-state index contributed by atoms with van der Waals surface area (Å²) < 4.78 is 2.56. The van der Waals surface area contributed by atoms with Crippen molar-refractivity contribution in [3.63, 3.8) is 0 Å². The lowest BCUT2D eigenvalue weighted by molar-refractivity contribution is -0.113. The number of carbonyl (C=O) groups excluding carboxylic acids is 1. The van der Waals surface area contributed by atoms with E-state index in [-0.39, 0.29) is 5.91 Å². The molecular weight excluding hydrogens is 398 g/mol. The Morgan fingerprint density at radius 3 is 2.81 bits per heavy atom. The molecule has 0 saturated heterocycles. The highest BCUT2D eigenvalue weighted by Crippen LogP contribution is 2.35. The molecule has 1 atom stereocenters. The van der Waals surface area contributed by atoms with Crippen LogP contribution in [0.3, 0.4) is 0 Å². The number of hydrogen-bond acceptors (Lipinski definition) is 6. The van der Waals surface area contributed by atoms with E-state index in [2.05, 4.69) is 47.1 Å². The van der Waals surface area contributed by atoms with E-state index in [1.54, 1.807) is 29.2 Å². The molecule has 1 amide bonds. The van der Waals surface area contributed by atoms with E-state index >= 15 is 0 Å². The van der Waals surface area contributed by atoms with Gasteiger partial charge < -0.3 is 10.6 Å². The topological polar surface area (TPSA) is 97.6 Å². The maximum Gasteiger partial charge on any atom is 0.255 e. The normalized spacial score (nSPS) is 16.0. The molecule has 0 unspecified atom stereocenters. The van der Waals surface area contributed by atoms with E-state index < -0.39 is 6.04 Å². The number of fused-ring (bicyclic) bond motifs is 1. The molecule has 1 aliphatic rings. The standard InChI is InChI=1S/C17H14BrN7O/c1-10-14(16(26)21-13-3-2-8-19-9-13)15(11-4-6-12(18)7-5-11)25-17(20-10)22-23-24-25/h2-9,15H,1H3,(H,21,26)(H,20,22,24)/t15-/m0/s1. The average molecular weight is 412 g/mol. The number of anilines is 2. The molecule has 4 rings (SSSR count). The Balaban J connectivity index is 1.77. The van der Waals surface area contributed by atoms with Gasteiger partial charge in [-0.25, -0.2) is 0 Å². The Bertz CT molecular complexity index is 982. The summed E-state index contributed by atoms with van der Waals surface area (Å²) in [5, 5.41) is 17.8. The van der Waals surface area contributed by atoms with Crippen molar-refractivity contribution in [3.05, 3.63) is 70.1 Å². The van der Waals surface area contributed by atoms with Gasteiger partial charge in [-0.3, -0.25) is 9.78 Å². The molecule has 0 fully saturated rings. The van der Waals surface area contributed by atoms with Gasteiger partial charge in [-0.2, -0.15) is 4.68 Å². The number of benzene rings is 1. The Labute approximate surface area is 157 Å². The van der Waals surface area contributed by atoms with Crippen LogP contribution in [0.25, 0.3) is 0 Å². The van der Waals surface area contributed by atoms with Gasteiger partial charge in [-0.05, 0) is 47.2 Å². The Morgan fingerprint density at radius 2 is 2.08 bits per heavy atom. The van der Waals surface area contributed by atoms with Crippen molar-refractivity contribution < 1.29 is 4.79 Å². The molecule has 2 aromatic heterocycles. The molecule has 0 saturated carbocycles. The highest BCUT2D eigenvalue weighted by molar-refractivity contribution is 9.10. The summed E-state index contributed by atoms with van der Waals surface area (Å²) in [4.78, 5) is 17.1. The minimum absolute atomic E-state index is 0.239. The fraction of sp³-hybridized carbons (Fsp3) is 0.118. The first-order valence-electron chi connectivity index (χ1n) is 7.86. The minimum atomic E-state index is -0.439. The summed E-state index contributed by atoms with van der Waals surface area (Å²) in [7, 11) is 0. The van der Waals surface area contributed by atoms with E-state index in [9.17, 15) is 4.79 Å². The van der Waals surface area contributed by atoms with Crippen molar-refractivity contribution in [2.75, 3.05) is 10.6 Å². The van der Waals surface area contributed by atoms with E-state index in [4.69, 9.17) is 0 Å². The summed E-state index contributed by atoms with van der Waals surface area (Å²) in [5.41, 5.74) is 2.76. The summed E-state index contributed by atoms with van der Waals surface area (Å²) in [5.74, 6) is 0.255. The lowest BCUT2D eigenvalue weighted by atomic mass is 9.95. The molecule has 3 aromatic rings. The van der Waals surface area contributed by atoms with Crippen molar-refractivity contribution in [2.45, 2.75) is 13.0 Å². The number of nitrogens with zero attached hydrogens (tertiary/aromatic N) is 5. The predicted octanol–water partition coefficient (Wildman–Crippen LogP) is 2.76. The van der Waals surface area contributed by atoms with Crippen LogP contribution < -0.4 is 10.6 Å². The molecule has 130 valence electrons. The number of allylic oxidation sites excluding steroid dienone is 1. The minimum Gasteiger partial charge on any atom is -0.326 e. The SMILES string of the molecule is CC1=C(C(=O)Nc2cccnc2)[C@H](c2ccc(Br)cc2)n2nnnc2N1. The second kappa shape index (κ2) is 6.68. The van der Waals surface area contributed by atoms with Crippen LogP contribution in [0.2, 0.25) is 0 Å². The summed E-state index contributed by atoms with van der Waals surface area (Å²) in [6, 6.07) is 10.8. The molecule has 0 aliphatic carbocycles. The van der Waals surface area contributed by atoms with Crippen LogP contribution in [-0.4, -0.2) is 31.1 Å². The van der Waals surface area contributed by atoms with Crippen LogP contribution in [0, 0.1) is 0 Å². The molecule has 3 heterocycles. The molecule has 0 bridgehead atoms. The lowest BCUT2D eigenvalue weighted by Gasteiger charge is -2.28. The van der Waals surface area contributed by atoms with Crippen molar-refractivity contribution >= 4 is 33.5 Å². The van der Waals surface area contributed by atoms with Crippen molar-refractivity contribution in [1.29, 1.82) is 0 Å². The van der Waals surface area contributed by atoms with Crippen molar-refractivity contribution in [2.24, 2.45) is 0 Å². The molecule has 0 radical (unpaired) electrons. The van der Waals surface area contributed by atoms with Gasteiger partial charge >= 0.3 is 0 Å². The largest absolute Gasteiger partial charge is 0.326 e. The molecular formula is C17H14BrN7O. The van der Waals surface area contributed by atoms with Crippen LogP contribution in [0.4, 0.5) is 11.6 Å². The molecule has 26 heavy (non-hydrogen) atoms. The second-order valence-electron chi connectivity index (χ2n) is 5.76. The fourth-order valence-corrected chi connectivity index (χ4v) is 3.16. The number of aromatic nitrogens is 5. The fourth-order valence-electron chi connectivity index (χ4n) is 2.89. The third-order valence-electron chi connectivity index (χ3n) is 4.06. The van der Waals surface area contributed by atoms with E-state index in [1.807, 2.05) is 31.2 Å². The highest BCUT2D eigenvalue weighted by Gasteiger charge is 2.34. The van der Waals surface area contributed by atoms with Gasteiger partial charge in [0, 0.05) is 16.4 Å². The molecule has 9 heteroatoms.